The quantitative estimate of drug-likeness (QED) is 0.171. The Bertz CT molecular complexity index is 1880. The number of aromatic nitrogens is 2. The fourth-order valence-electron chi connectivity index (χ4n) is 5.88. The topological polar surface area (TPSA) is 170 Å². The molecule has 0 spiro atoms. The summed E-state index contributed by atoms with van der Waals surface area (Å²) in [5.74, 6) is -0.332. The molecular formula is C33H41ClN6O5S. The highest BCUT2D eigenvalue weighted by Crippen LogP contribution is 2.30. The highest BCUT2D eigenvalue weighted by molar-refractivity contribution is 7.89. The van der Waals surface area contributed by atoms with Crippen LogP contribution in [0.25, 0.3) is 22.2 Å². The Morgan fingerprint density at radius 2 is 1.70 bits per heavy atom. The molecular weight excluding hydrogens is 628 g/mol. The maximum atomic E-state index is 13.7. The van der Waals surface area contributed by atoms with Crippen LogP contribution in [0.3, 0.4) is 0 Å². The summed E-state index contributed by atoms with van der Waals surface area (Å²) in [6, 6.07) is 16.8. The van der Waals surface area contributed by atoms with Crippen molar-refractivity contribution in [2.45, 2.75) is 50.0 Å². The number of nitrogens with zero attached hydrogens (tertiary/aromatic N) is 1. The third-order valence-electron chi connectivity index (χ3n) is 8.63. The number of H-pyrrole nitrogens is 2. The van der Waals surface area contributed by atoms with Gasteiger partial charge >= 0.3 is 5.69 Å². The van der Waals surface area contributed by atoms with Gasteiger partial charge in [0, 0.05) is 32.1 Å². The summed E-state index contributed by atoms with van der Waals surface area (Å²) >= 11 is 0. The van der Waals surface area contributed by atoms with E-state index in [0.717, 1.165) is 47.9 Å². The lowest BCUT2D eigenvalue weighted by Crippen LogP contribution is -2.48. The summed E-state index contributed by atoms with van der Waals surface area (Å²) in [7, 11) is -0.643. The molecule has 2 amide bonds. The predicted octanol–water partition coefficient (Wildman–Crippen LogP) is 3.93. The van der Waals surface area contributed by atoms with Gasteiger partial charge in [0.25, 0.3) is 0 Å². The number of nitrogens with one attached hydrogen (secondary N) is 4. The Kier molecular flexibility index (Phi) is 11.1. The van der Waals surface area contributed by atoms with E-state index in [1.807, 2.05) is 31.2 Å². The van der Waals surface area contributed by atoms with Gasteiger partial charge in [-0.3, -0.25) is 9.59 Å². The van der Waals surface area contributed by atoms with Crippen LogP contribution in [0.4, 0.5) is 5.69 Å². The van der Waals surface area contributed by atoms with Gasteiger partial charge in [0.05, 0.1) is 15.9 Å². The molecule has 13 heteroatoms. The lowest BCUT2D eigenvalue weighted by atomic mass is 9.81. The average Bonchev–Trinajstić information content (AvgIpc) is 3.40. The first-order valence-corrected chi connectivity index (χ1v) is 16.5. The molecule has 3 aromatic carbocycles. The van der Waals surface area contributed by atoms with Gasteiger partial charge < -0.3 is 26.3 Å². The maximum Gasteiger partial charge on any atom is 0.323 e. The van der Waals surface area contributed by atoms with Crippen molar-refractivity contribution in [3.63, 3.8) is 0 Å². The van der Waals surface area contributed by atoms with Crippen molar-refractivity contribution >= 4 is 51.0 Å². The summed E-state index contributed by atoms with van der Waals surface area (Å²) in [4.78, 5) is 44.4. The number of carbonyl (C=O) groups is 2. The van der Waals surface area contributed by atoms with Gasteiger partial charge in [-0.25, -0.2) is 17.5 Å². The summed E-state index contributed by atoms with van der Waals surface area (Å²) in [5.41, 5.74) is 10.4. The molecule has 246 valence electrons. The molecule has 46 heavy (non-hydrogen) atoms. The molecule has 0 saturated heterocycles. The Balaban J connectivity index is 0.00000480. The number of benzene rings is 3. The summed E-state index contributed by atoms with van der Waals surface area (Å²) in [5, 5.41) is 5.91. The van der Waals surface area contributed by atoms with E-state index in [0.29, 0.717) is 29.2 Å². The van der Waals surface area contributed by atoms with E-state index >= 15 is 0 Å². The Morgan fingerprint density at radius 1 is 0.978 bits per heavy atom. The summed E-state index contributed by atoms with van der Waals surface area (Å²) in [6.45, 7) is 2.52. The second-order valence-corrected chi connectivity index (χ2v) is 14.2. The number of hydrogen-bond acceptors (Lipinski definition) is 6. The van der Waals surface area contributed by atoms with Crippen LogP contribution < -0.4 is 22.1 Å². The molecule has 1 saturated carbocycles. The number of nitrogens with two attached hydrogens (primary N) is 1. The van der Waals surface area contributed by atoms with Crippen LogP contribution in [0.1, 0.15) is 36.8 Å². The number of imidazole rings is 1. The smallest absolute Gasteiger partial charge is 0.323 e. The van der Waals surface area contributed by atoms with Gasteiger partial charge in [-0.1, -0.05) is 30.3 Å². The van der Waals surface area contributed by atoms with Crippen molar-refractivity contribution in [3.8, 4) is 11.1 Å². The lowest BCUT2D eigenvalue weighted by Gasteiger charge is -2.28. The zero-order chi connectivity index (χ0) is 32.3. The molecule has 0 bridgehead atoms. The average molecular weight is 669 g/mol. The number of sulfonamides is 1. The normalized spacial score (nSPS) is 17.3. The van der Waals surface area contributed by atoms with Crippen molar-refractivity contribution in [2.75, 3.05) is 26.0 Å². The van der Waals surface area contributed by atoms with E-state index in [1.54, 1.807) is 36.4 Å². The minimum atomic E-state index is -3.63. The van der Waals surface area contributed by atoms with Crippen LogP contribution in [0.2, 0.25) is 0 Å². The Morgan fingerprint density at radius 3 is 2.39 bits per heavy atom. The van der Waals surface area contributed by atoms with Gasteiger partial charge in [0.1, 0.15) is 6.04 Å². The third kappa shape index (κ3) is 7.87. The molecule has 1 aliphatic carbocycles. The van der Waals surface area contributed by atoms with Crippen molar-refractivity contribution in [1.82, 2.24) is 19.6 Å². The van der Waals surface area contributed by atoms with Crippen molar-refractivity contribution in [3.05, 3.63) is 82.3 Å². The zero-order valence-electron chi connectivity index (χ0n) is 26.1. The first-order valence-electron chi connectivity index (χ1n) is 15.1. The van der Waals surface area contributed by atoms with Crippen LogP contribution >= 0.6 is 12.4 Å². The largest absolute Gasteiger partial charge is 0.344 e. The number of amides is 2. The molecule has 1 aromatic heterocycles. The van der Waals surface area contributed by atoms with Crippen LogP contribution in [0, 0.1) is 18.8 Å². The van der Waals surface area contributed by atoms with Crippen molar-refractivity contribution in [1.29, 1.82) is 0 Å². The minimum absolute atomic E-state index is 0. The minimum Gasteiger partial charge on any atom is -0.344 e. The summed E-state index contributed by atoms with van der Waals surface area (Å²) < 4.78 is 26.8. The van der Waals surface area contributed by atoms with Crippen LogP contribution in [0.5, 0.6) is 0 Å². The molecule has 1 aliphatic rings. The SMILES string of the molecule is Cc1ccc(S(=O)(=O)N(C)C)cc1-c1cccc(C[C@H](NC(=O)[C@H]2CC[C@H](CN)CC2)C(=O)Nc2ccc3[nH]c(=O)[nH]c3c2)c1.Cl. The molecule has 5 rings (SSSR count). The number of hydrogen-bond donors (Lipinski definition) is 5. The Labute approximate surface area is 274 Å². The predicted molar refractivity (Wildman–Crippen MR) is 182 cm³/mol. The van der Waals surface area contributed by atoms with Gasteiger partial charge in [-0.15, -0.1) is 12.4 Å². The fraction of sp³-hybridized carbons (Fsp3) is 0.364. The van der Waals surface area contributed by atoms with Crippen molar-refractivity contribution < 1.29 is 18.0 Å². The number of aromatic amines is 2. The molecule has 11 nitrogen and oxygen atoms in total. The molecule has 1 heterocycles. The van der Waals surface area contributed by atoms with Gasteiger partial charge in [-0.2, -0.15) is 0 Å². The van der Waals surface area contributed by atoms with E-state index in [2.05, 4.69) is 20.6 Å². The second-order valence-electron chi connectivity index (χ2n) is 12.0. The molecule has 1 atom stereocenters. The number of carbonyl (C=O) groups excluding carboxylic acids is 2. The maximum absolute atomic E-state index is 13.7. The monoisotopic (exact) mass is 668 g/mol. The lowest BCUT2D eigenvalue weighted by molar-refractivity contribution is -0.130. The molecule has 0 radical (unpaired) electrons. The van der Waals surface area contributed by atoms with E-state index in [-0.39, 0.29) is 41.2 Å². The molecule has 4 aromatic rings. The number of rotatable bonds is 10. The van der Waals surface area contributed by atoms with Gasteiger partial charge in [0.2, 0.25) is 21.8 Å². The number of halogens is 1. The third-order valence-corrected chi connectivity index (χ3v) is 10.4. The molecule has 6 N–H and O–H groups in total. The fourth-order valence-corrected chi connectivity index (χ4v) is 6.81. The molecule has 0 aliphatic heterocycles. The first kappa shape index (κ1) is 34.9. The number of anilines is 1. The van der Waals surface area contributed by atoms with E-state index < -0.39 is 22.0 Å². The zero-order valence-corrected chi connectivity index (χ0v) is 27.8. The standard InChI is InChI=1S/C33H40N6O5S.ClH/c1-20-7-13-26(45(43,44)39(2)3)18-27(20)24-6-4-5-22(15-24)16-30(36-31(40)23-10-8-21(19-34)9-11-23)32(41)35-25-12-14-28-29(17-25)38-33(42)37-28;/h4-7,12-15,17-18,21,23,30H,8-11,16,19,34H2,1-3H3,(H,35,41)(H,36,40)(H2,37,38,42);1H/t21-,23-,30-;/m0./s1. The van der Waals surface area contributed by atoms with E-state index in [4.69, 9.17) is 5.73 Å². The molecule has 1 fully saturated rings. The highest BCUT2D eigenvalue weighted by atomic mass is 35.5. The summed E-state index contributed by atoms with van der Waals surface area (Å²) in [6.07, 6.45) is 3.41. The number of aryl methyl sites for hydroxylation is 1. The van der Waals surface area contributed by atoms with E-state index in [1.165, 1.54) is 18.4 Å². The van der Waals surface area contributed by atoms with Crippen LogP contribution in [-0.2, 0) is 26.0 Å². The van der Waals surface area contributed by atoms with Crippen molar-refractivity contribution in [2.24, 2.45) is 17.6 Å². The second kappa shape index (κ2) is 14.6. The number of fused-ring (bicyclic) bond motifs is 1. The Hall–Kier alpha value is -3.97. The highest BCUT2D eigenvalue weighted by Gasteiger charge is 2.29. The van der Waals surface area contributed by atoms with E-state index in [9.17, 15) is 22.8 Å². The van der Waals surface area contributed by atoms with Gasteiger partial charge in [0.15, 0.2) is 0 Å². The van der Waals surface area contributed by atoms with Crippen LogP contribution in [-0.4, -0.2) is 61.2 Å². The van der Waals surface area contributed by atoms with Gasteiger partial charge in [-0.05, 0) is 97.7 Å². The first-order chi connectivity index (χ1) is 21.4. The molecule has 0 unspecified atom stereocenters. The van der Waals surface area contributed by atoms with Crippen LogP contribution in [0.15, 0.2) is 70.4 Å².